The van der Waals surface area contributed by atoms with Gasteiger partial charge < -0.3 is 16.0 Å². The van der Waals surface area contributed by atoms with E-state index in [-0.39, 0.29) is 0 Å². The van der Waals surface area contributed by atoms with E-state index in [9.17, 15) is 0 Å². The van der Waals surface area contributed by atoms with E-state index in [2.05, 4.69) is 49.7 Å². The molecule has 3 aromatic rings. The Balaban J connectivity index is 1.35. The van der Waals surface area contributed by atoms with E-state index < -0.39 is 5.79 Å². The summed E-state index contributed by atoms with van der Waals surface area (Å²) in [6.07, 6.45) is 12.5. The number of hydrogen-bond acceptors (Lipinski definition) is 6. The zero-order valence-corrected chi connectivity index (χ0v) is 16.2. The van der Waals surface area contributed by atoms with E-state index in [0.29, 0.717) is 18.3 Å². The number of hydrogen-bond donors (Lipinski definition) is 4. The fourth-order valence-corrected chi connectivity index (χ4v) is 3.91. The molecule has 3 heterocycles. The minimum Gasteiger partial charge on any atom is -0.368 e. The molecular formula is C22H25N7. The van der Waals surface area contributed by atoms with Crippen LogP contribution in [0.15, 0.2) is 47.7 Å². The number of allylic oxidation sites excluding steroid dienone is 1. The van der Waals surface area contributed by atoms with Crippen LogP contribution in [-0.4, -0.2) is 27.0 Å². The lowest BCUT2D eigenvalue weighted by atomic mass is 10.0. The van der Waals surface area contributed by atoms with Gasteiger partial charge in [0.05, 0.1) is 5.69 Å². The summed E-state index contributed by atoms with van der Waals surface area (Å²) in [5.41, 5.74) is 17.7. The van der Waals surface area contributed by atoms with Gasteiger partial charge in [-0.3, -0.25) is 10.7 Å². The molecule has 7 nitrogen and oxygen atoms in total. The number of rotatable bonds is 6. The lowest BCUT2D eigenvalue weighted by molar-refractivity contribution is 0.374. The Morgan fingerprint density at radius 2 is 2.07 bits per heavy atom. The topological polar surface area (TPSA) is 118 Å². The molecule has 1 unspecified atom stereocenters. The van der Waals surface area contributed by atoms with Gasteiger partial charge in [-0.2, -0.15) is 0 Å². The summed E-state index contributed by atoms with van der Waals surface area (Å²) >= 11 is 0. The maximum Gasteiger partial charge on any atom is 0.220 e. The predicted octanol–water partition coefficient (Wildman–Crippen LogP) is 2.75. The van der Waals surface area contributed by atoms with Gasteiger partial charge in [-0.15, -0.1) is 0 Å². The first-order valence-electron chi connectivity index (χ1n) is 10.1. The van der Waals surface area contributed by atoms with E-state index in [0.717, 1.165) is 35.3 Å². The third-order valence-corrected chi connectivity index (χ3v) is 5.70. The Labute approximate surface area is 169 Å². The first-order chi connectivity index (χ1) is 14.1. The quantitative estimate of drug-likeness (QED) is 0.519. The molecule has 0 radical (unpaired) electrons. The summed E-state index contributed by atoms with van der Waals surface area (Å²) in [5.74, 6) is 0.138. The lowest BCUT2D eigenvalue weighted by Gasteiger charge is -2.31. The van der Waals surface area contributed by atoms with Crippen molar-refractivity contribution >= 4 is 28.8 Å². The van der Waals surface area contributed by atoms with Crippen LogP contribution in [0.2, 0.25) is 0 Å². The number of H-pyrrole nitrogens is 1. The largest absolute Gasteiger partial charge is 0.368 e. The van der Waals surface area contributed by atoms with Crippen molar-refractivity contribution in [1.82, 2.24) is 20.3 Å². The van der Waals surface area contributed by atoms with Crippen LogP contribution in [0, 0.1) is 5.92 Å². The maximum atomic E-state index is 6.62. The van der Waals surface area contributed by atoms with Crippen molar-refractivity contribution in [3.63, 3.8) is 0 Å². The van der Waals surface area contributed by atoms with Gasteiger partial charge in [0, 0.05) is 47.2 Å². The van der Waals surface area contributed by atoms with Crippen LogP contribution in [0.4, 0.5) is 5.95 Å². The van der Waals surface area contributed by atoms with Gasteiger partial charge in [0.25, 0.3) is 0 Å². The number of para-hydroxylation sites is 1. The molecule has 1 saturated carbocycles. The molecule has 5 rings (SSSR count). The highest BCUT2D eigenvalue weighted by atomic mass is 15.3. The van der Waals surface area contributed by atoms with Crippen molar-refractivity contribution in [2.75, 3.05) is 5.73 Å². The standard InChI is InChI=1S/C22H25N7/c23-21-26-13-17(20(28-21)11-14-5-6-14)19-8-10-27-22(24,29-19)9-7-15-12-25-18-4-2-1-3-16(15)18/h1-4,8,10,12-14,25,29H,5-7,9,11,24H2,(H2,23,26,28). The highest BCUT2D eigenvalue weighted by molar-refractivity contribution is 5.86. The molecule has 1 aliphatic heterocycles. The van der Waals surface area contributed by atoms with E-state index in [1.54, 1.807) is 12.4 Å². The number of aromatic nitrogens is 3. The second-order valence-corrected chi connectivity index (χ2v) is 8.00. The molecule has 0 saturated heterocycles. The van der Waals surface area contributed by atoms with Crippen molar-refractivity contribution in [3.8, 4) is 0 Å². The maximum absolute atomic E-state index is 6.62. The number of nitrogens with two attached hydrogens (primary N) is 2. The zero-order valence-electron chi connectivity index (χ0n) is 16.2. The van der Waals surface area contributed by atoms with Crippen LogP contribution < -0.4 is 16.8 Å². The third kappa shape index (κ3) is 3.73. The molecule has 1 atom stereocenters. The van der Waals surface area contributed by atoms with Crippen LogP contribution in [-0.2, 0) is 12.8 Å². The van der Waals surface area contributed by atoms with Gasteiger partial charge in [-0.25, -0.2) is 9.97 Å². The van der Waals surface area contributed by atoms with Crippen LogP contribution in [0.1, 0.15) is 36.1 Å². The zero-order chi connectivity index (χ0) is 19.8. The molecule has 148 valence electrons. The van der Waals surface area contributed by atoms with E-state index >= 15 is 0 Å². The van der Waals surface area contributed by atoms with Crippen molar-refractivity contribution in [2.45, 2.75) is 37.9 Å². The van der Waals surface area contributed by atoms with Crippen LogP contribution in [0.25, 0.3) is 16.6 Å². The van der Waals surface area contributed by atoms with Crippen molar-refractivity contribution < 1.29 is 0 Å². The molecule has 1 fully saturated rings. The smallest absolute Gasteiger partial charge is 0.220 e. The predicted molar refractivity (Wildman–Crippen MR) is 116 cm³/mol. The normalized spacial score (nSPS) is 21.2. The monoisotopic (exact) mass is 387 g/mol. The molecule has 0 spiro atoms. The average molecular weight is 387 g/mol. The number of aliphatic imine (C=N–C) groups is 1. The van der Waals surface area contributed by atoms with E-state index in [1.807, 2.05) is 12.1 Å². The summed E-state index contributed by atoms with van der Waals surface area (Å²) in [6.45, 7) is 0. The number of nitrogen functional groups attached to an aromatic ring is 1. The fraction of sp³-hybridized carbons (Fsp3) is 0.318. The summed E-state index contributed by atoms with van der Waals surface area (Å²) in [6, 6.07) is 8.30. The fourth-order valence-electron chi connectivity index (χ4n) is 3.91. The minimum atomic E-state index is -0.874. The van der Waals surface area contributed by atoms with Crippen LogP contribution in [0.3, 0.4) is 0 Å². The minimum absolute atomic E-state index is 0.313. The van der Waals surface area contributed by atoms with Crippen molar-refractivity contribution in [3.05, 3.63) is 59.6 Å². The molecule has 2 aliphatic rings. The van der Waals surface area contributed by atoms with Gasteiger partial charge in [0.2, 0.25) is 5.95 Å². The van der Waals surface area contributed by atoms with E-state index in [1.165, 1.54) is 23.8 Å². The summed E-state index contributed by atoms with van der Waals surface area (Å²) in [4.78, 5) is 16.5. The summed E-state index contributed by atoms with van der Waals surface area (Å²) in [5, 5.41) is 4.65. The SMILES string of the molecule is Nc1ncc(C2=CC=NC(N)(CCc3c[nH]c4ccccc34)N2)c(CC2CC2)n1. The molecule has 0 amide bonds. The van der Waals surface area contributed by atoms with Crippen LogP contribution in [0.5, 0.6) is 0 Å². The highest BCUT2D eigenvalue weighted by Gasteiger charge is 2.29. The van der Waals surface area contributed by atoms with Gasteiger partial charge in [0.1, 0.15) is 0 Å². The molecule has 1 aromatic carbocycles. The highest BCUT2D eigenvalue weighted by Crippen LogP contribution is 2.34. The first kappa shape index (κ1) is 17.9. The van der Waals surface area contributed by atoms with E-state index in [4.69, 9.17) is 11.5 Å². The third-order valence-electron chi connectivity index (χ3n) is 5.70. The number of benzene rings is 1. The van der Waals surface area contributed by atoms with Gasteiger partial charge in [-0.05, 0) is 49.3 Å². The molecular weight excluding hydrogens is 362 g/mol. The molecule has 6 N–H and O–H groups in total. The lowest BCUT2D eigenvalue weighted by Crippen LogP contribution is -2.52. The number of aryl methyl sites for hydroxylation is 1. The summed E-state index contributed by atoms with van der Waals surface area (Å²) < 4.78 is 0. The number of fused-ring (bicyclic) bond motifs is 1. The molecule has 7 heteroatoms. The second kappa shape index (κ2) is 7.00. The Morgan fingerprint density at radius 3 is 2.93 bits per heavy atom. The molecule has 0 bridgehead atoms. The Bertz CT molecular complexity index is 1110. The van der Waals surface area contributed by atoms with Crippen molar-refractivity contribution in [2.24, 2.45) is 16.6 Å². The summed E-state index contributed by atoms with van der Waals surface area (Å²) in [7, 11) is 0. The molecule has 2 aromatic heterocycles. The average Bonchev–Trinajstić information content (AvgIpc) is 3.43. The molecule has 1 aliphatic carbocycles. The van der Waals surface area contributed by atoms with Crippen molar-refractivity contribution in [1.29, 1.82) is 0 Å². The number of anilines is 1. The van der Waals surface area contributed by atoms with Gasteiger partial charge >= 0.3 is 0 Å². The van der Waals surface area contributed by atoms with Crippen LogP contribution >= 0.6 is 0 Å². The second-order valence-electron chi connectivity index (χ2n) is 8.00. The Hall–Kier alpha value is -3.19. The molecule has 29 heavy (non-hydrogen) atoms. The van der Waals surface area contributed by atoms with Gasteiger partial charge in [-0.1, -0.05) is 18.2 Å². The van der Waals surface area contributed by atoms with Gasteiger partial charge in [0.15, 0.2) is 5.79 Å². The Kier molecular flexibility index (Phi) is 4.32. The first-order valence-corrected chi connectivity index (χ1v) is 10.1. The number of nitrogens with one attached hydrogen (secondary N) is 2. The Morgan fingerprint density at radius 1 is 1.21 bits per heavy atom. The number of aromatic amines is 1. The number of nitrogens with zero attached hydrogens (tertiary/aromatic N) is 3.